The number of halogens is 1. The van der Waals surface area contributed by atoms with Crippen molar-refractivity contribution in [1.29, 1.82) is 0 Å². The zero-order chi connectivity index (χ0) is 15.4. The molecule has 2 amide bonds. The second-order valence-electron chi connectivity index (χ2n) is 5.36. The molecule has 1 aromatic carbocycles. The van der Waals surface area contributed by atoms with Gasteiger partial charge in [0.25, 0.3) is 0 Å². The highest BCUT2D eigenvalue weighted by atomic mass is 19.1. The molecule has 4 nitrogen and oxygen atoms in total. The van der Waals surface area contributed by atoms with Crippen LogP contribution in [0.3, 0.4) is 0 Å². The number of rotatable bonds is 3. The lowest BCUT2D eigenvalue weighted by Gasteiger charge is -2.30. The Morgan fingerprint density at radius 3 is 2.62 bits per heavy atom. The van der Waals surface area contributed by atoms with E-state index in [2.05, 4.69) is 0 Å². The molecule has 1 aromatic rings. The molecule has 0 spiro atoms. The molecule has 0 aliphatic carbocycles. The Hall–Kier alpha value is -2.17. The molecule has 1 saturated heterocycles. The number of hydrogen-bond donors (Lipinski definition) is 1. The number of nitrogens with zero attached hydrogens (tertiary/aromatic N) is 1. The summed E-state index contributed by atoms with van der Waals surface area (Å²) in [5.74, 6) is -1.06. The maximum absolute atomic E-state index is 12.9. The van der Waals surface area contributed by atoms with Crippen molar-refractivity contribution in [1.82, 2.24) is 4.90 Å². The maximum Gasteiger partial charge on any atom is 0.246 e. The first-order valence-electron chi connectivity index (χ1n) is 7.00. The summed E-state index contributed by atoms with van der Waals surface area (Å²) in [4.78, 5) is 25.1. The minimum absolute atomic E-state index is 0.136. The summed E-state index contributed by atoms with van der Waals surface area (Å²) < 4.78 is 12.9. The molecule has 5 heteroatoms. The van der Waals surface area contributed by atoms with E-state index in [0.717, 1.165) is 24.0 Å². The Kier molecular flexibility index (Phi) is 4.73. The van der Waals surface area contributed by atoms with Crippen LogP contribution in [0.5, 0.6) is 0 Å². The average molecular weight is 290 g/mol. The van der Waals surface area contributed by atoms with Crippen molar-refractivity contribution in [2.45, 2.75) is 19.8 Å². The van der Waals surface area contributed by atoms with Gasteiger partial charge in [0.15, 0.2) is 0 Å². The van der Waals surface area contributed by atoms with Crippen molar-refractivity contribution in [2.24, 2.45) is 11.7 Å². The van der Waals surface area contributed by atoms with Crippen molar-refractivity contribution in [3.05, 3.63) is 41.7 Å². The van der Waals surface area contributed by atoms with Gasteiger partial charge in [-0.05, 0) is 43.0 Å². The highest BCUT2D eigenvalue weighted by Gasteiger charge is 2.26. The molecule has 1 aliphatic heterocycles. The third-order valence-electron chi connectivity index (χ3n) is 3.77. The zero-order valence-electron chi connectivity index (χ0n) is 12.0. The summed E-state index contributed by atoms with van der Waals surface area (Å²) in [5.41, 5.74) is 6.87. The van der Waals surface area contributed by atoms with Gasteiger partial charge in [0, 0.05) is 19.2 Å². The summed E-state index contributed by atoms with van der Waals surface area (Å²) in [5, 5.41) is 0. The fourth-order valence-electron chi connectivity index (χ4n) is 2.48. The largest absolute Gasteiger partial charge is 0.369 e. The molecular weight excluding hydrogens is 271 g/mol. The number of hydrogen-bond acceptors (Lipinski definition) is 2. The van der Waals surface area contributed by atoms with Gasteiger partial charge in [-0.15, -0.1) is 0 Å². The number of nitrogens with two attached hydrogens (primary N) is 1. The van der Waals surface area contributed by atoms with Crippen LogP contribution in [-0.2, 0) is 9.59 Å². The minimum Gasteiger partial charge on any atom is -0.369 e. The number of allylic oxidation sites excluding steroid dienone is 1. The zero-order valence-corrected chi connectivity index (χ0v) is 12.0. The van der Waals surface area contributed by atoms with Gasteiger partial charge in [0.2, 0.25) is 11.8 Å². The molecule has 0 bridgehead atoms. The Bertz CT molecular complexity index is 566. The molecule has 2 N–H and O–H groups in total. The van der Waals surface area contributed by atoms with Crippen LogP contribution in [0.4, 0.5) is 4.39 Å². The van der Waals surface area contributed by atoms with Gasteiger partial charge in [-0.25, -0.2) is 4.39 Å². The van der Waals surface area contributed by atoms with E-state index >= 15 is 0 Å². The summed E-state index contributed by atoms with van der Waals surface area (Å²) >= 11 is 0. The lowest BCUT2D eigenvalue weighted by atomic mass is 9.97. The second kappa shape index (κ2) is 6.52. The predicted octanol–water partition coefficient (Wildman–Crippen LogP) is 1.95. The molecule has 1 heterocycles. The van der Waals surface area contributed by atoms with Crippen molar-refractivity contribution in [3.63, 3.8) is 0 Å². The lowest BCUT2D eigenvalue weighted by molar-refractivity contribution is -0.130. The Balaban J connectivity index is 2.07. The standard InChI is InChI=1S/C16H19FN2O2/c1-11(12-4-6-14(17)7-5-12)9-15(20)19-8-2-3-13(10-19)16(18)21/h4-7,9,13H,2-3,8,10H2,1H3,(H2,18,21)/b11-9-/t13-/m0/s1. The van der Waals surface area contributed by atoms with E-state index < -0.39 is 0 Å². The van der Waals surface area contributed by atoms with Crippen LogP contribution in [0.15, 0.2) is 30.3 Å². The van der Waals surface area contributed by atoms with Crippen LogP contribution in [0, 0.1) is 11.7 Å². The van der Waals surface area contributed by atoms with Crippen LogP contribution in [0.2, 0.25) is 0 Å². The Morgan fingerprint density at radius 1 is 1.33 bits per heavy atom. The number of primary amides is 1. The topological polar surface area (TPSA) is 63.4 Å². The van der Waals surface area contributed by atoms with Gasteiger partial charge < -0.3 is 10.6 Å². The van der Waals surface area contributed by atoms with E-state index in [1.54, 1.807) is 24.0 Å². The SMILES string of the molecule is C/C(=C/C(=O)N1CCC[C@H](C(N)=O)C1)c1ccc(F)cc1. The van der Waals surface area contributed by atoms with E-state index in [4.69, 9.17) is 5.73 Å². The summed E-state index contributed by atoms with van der Waals surface area (Å²) in [6.07, 6.45) is 3.04. The third-order valence-corrected chi connectivity index (χ3v) is 3.77. The number of carbonyl (C=O) groups is 2. The predicted molar refractivity (Wildman–Crippen MR) is 78.5 cm³/mol. The molecule has 112 valence electrons. The number of likely N-dealkylation sites (tertiary alicyclic amines) is 1. The fraction of sp³-hybridized carbons (Fsp3) is 0.375. The highest BCUT2D eigenvalue weighted by Crippen LogP contribution is 2.19. The number of benzene rings is 1. The molecule has 1 fully saturated rings. The van der Waals surface area contributed by atoms with Crippen molar-refractivity contribution < 1.29 is 14.0 Å². The van der Waals surface area contributed by atoms with E-state index in [9.17, 15) is 14.0 Å². The molecule has 1 atom stereocenters. The van der Waals surface area contributed by atoms with Crippen LogP contribution in [0.25, 0.3) is 5.57 Å². The van der Waals surface area contributed by atoms with Crippen LogP contribution in [-0.4, -0.2) is 29.8 Å². The van der Waals surface area contributed by atoms with Gasteiger partial charge in [0.05, 0.1) is 5.92 Å². The van der Waals surface area contributed by atoms with Crippen molar-refractivity contribution >= 4 is 17.4 Å². The van der Waals surface area contributed by atoms with Crippen LogP contribution in [0.1, 0.15) is 25.3 Å². The van der Waals surface area contributed by atoms with Gasteiger partial charge in [0.1, 0.15) is 5.82 Å². The van der Waals surface area contributed by atoms with Gasteiger partial charge in [-0.1, -0.05) is 12.1 Å². The maximum atomic E-state index is 12.9. The monoisotopic (exact) mass is 290 g/mol. The summed E-state index contributed by atoms with van der Waals surface area (Å²) in [6, 6.07) is 6.00. The summed E-state index contributed by atoms with van der Waals surface area (Å²) in [6.45, 7) is 2.82. The molecule has 0 unspecified atom stereocenters. The van der Waals surface area contributed by atoms with Crippen LogP contribution < -0.4 is 5.73 Å². The van der Waals surface area contributed by atoms with Crippen LogP contribution >= 0.6 is 0 Å². The Labute approximate surface area is 123 Å². The van der Waals surface area contributed by atoms with Gasteiger partial charge >= 0.3 is 0 Å². The first-order valence-corrected chi connectivity index (χ1v) is 7.00. The second-order valence-corrected chi connectivity index (χ2v) is 5.36. The quantitative estimate of drug-likeness (QED) is 0.865. The molecule has 21 heavy (non-hydrogen) atoms. The minimum atomic E-state index is -0.355. The number of amides is 2. The Morgan fingerprint density at radius 2 is 2.00 bits per heavy atom. The fourth-order valence-corrected chi connectivity index (χ4v) is 2.48. The smallest absolute Gasteiger partial charge is 0.246 e. The third kappa shape index (κ3) is 3.90. The molecule has 0 aromatic heterocycles. The summed E-state index contributed by atoms with van der Waals surface area (Å²) in [7, 11) is 0. The van der Waals surface area contributed by atoms with E-state index in [-0.39, 0.29) is 23.5 Å². The molecule has 0 saturated carbocycles. The molecule has 1 aliphatic rings. The number of carbonyl (C=O) groups excluding carboxylic acids is 2. The highest BCUT2D eigenvalue weighted by molar-refractivity contribution is 5.95. The number of piperidine rings is 1. The van der Waals surface area contributed by atoms with E-state index in [1.165, 1.54) is 18.2 Å². The molecule has 2 rings (SSSR count). The van der Waals surface area contributed by atoms with Gasteiger partial charge in [-0.3, -0.25) is 9.59 Å². The van der Waals surface area contributed by atoms with E-state index in [1.807, 2.05) is 0 Å². The first-order chi connectivity index (χ1) is 9.97. The first kappa shape index (κ1) is 15.2. The lowest BCUT2D eigenvalue weighted by Crippen LogP contribution is -2.43. The van der Waals surface area contributed by atoms with Crippen molar-refractivity contribution in [3.8, 4) is 0 Å². The van der Waals surface area contributed by atoms with Crippen molar-refractivity contribution in [2.75, 3.05) is 13.1 Å². The average Bonchev–Trinajstić information content (AvgIpc) is 2.48. The molecule has 0 radical (unpaired) electrons. The van der Waals surface area contributed by atoms with Gasteiger partial charge in [-0.2, -0.15) is 0 Å². The molecular formula is C16H19FN2O2. The normalized spacial score (nSPS) is 19.4. The van der Waals surface area contributed by atoms with E-state index in [0.29, 0.717) is 13.1 Å².